The second kappa shape index (κ2) is 3.77. The van der Waals surface area contributed by atoms with Gasteiger partial charge in [-0.05, 0) is 19.3 Å². The van der Waals surface area contributed by atoms with Crippen LogP contribution in [-0.2, 0) is 9.47 Å². The average Bonchev–Trinajstić information content (AvgIpc) is 2.80. The molecule has 0 aromatic carbocycles. The van der Waals surface area contributed by atoms with Gasteiger partial charge in [0.2, 0.25) is 0 Å². The lowest BCUT2D eigenvalue weighted by atomic mass is 10.0. The fourth-order valence-electron chi connectivity index (χ4n) is 1.19. The van der Waals surface area contributed by atoms with Gasteiger partial charge in [-0.25, -0.2) is 0 Å². The molecule has 0 spiro atoms. The van der Waals surface area contributed by atoms with E-state index in [4.69, 9.17) is 9.47 Å². The SMILES string of the molecule is C=COCCCC1(CC)CO1. The van der Waals surface area contributed by atoms with Gasteiger partial charge in [0.15, 0.2) is 0 Å². The van der Waals surface area contributed by atoms with Crippen LogP contribution < -0.4 is 0 Å². The zero-order valence-electron chi connectivity index (χ0n) is 7.14. The highest BCUT2D eigenvalue weighted by Crippen LogP contribution is 2.35. The maximum atomic E-state index is 5.34. The highest BCUT2D eigenvalue weighted by molar-refractivity contribution is 4.90. The quantitative estimate of drug-likeness (QED) is 0.334. The molecule has 1 aliphatic heterocycles. The summed E-state index contributed by atoms with van der Waals surface area (Å²) in [6.07, 6.45) is 4.81. The highest BCUT2D eigenvalue weighted by atomic mass is 16.6. The molecular formula is C9H16O2. The first-order valence-corrected chi connectivity index (χ1v) is 4.19. The summed E-state index contributed by atoms with van der Waals surface area (Å²) in [4.78, 5) is 0. The number of ether oxygens (including phenoxy) is 2. The summed E-state index contributed by atoms with van der Waals surface area (Å²) in [6, 6.07) is 0. The Labute approximate surface area is 68.2 Å². The Morgan fingerprint density at radius 1 is 1.73 bits per heavy atom. The van der Waals surface area contributed by atoms with Crippen molar-refractivity contribution in [1.29, 1.82) is 0 Å². The van der Waals surface area contributed by atoms with Crippen LogP contribution in [0.3, 0.4) is 0 Å². The van der Waals surface area contributed by atoms with Gasteiger partial charge in [-0.2, -0.15) is 0 Å². The van der Waals surface area contributed by atoms with Gasteiger partial charge >= 0.3 is 0 Å². The first-order valence-electron chi connectivity index (χ1n) is 4.19. The molecule has 0 N–H and O–H groups in total. The lowest BCUT2D eigenvalue weighted by Gasteiger charge is -2.07. The molecule has 0 amide bonds. The maximum Gasteiger partial charge on any atom is 0.0915 e. The standard InChI is InChI=1S/C9H16O2/c1-3-9(8-11-9)6-5-7-10-4-2/h4H,2-3,5-8H2,1H3. The molecule has 64 valence electrons. The number of rotatable bonds is 6. The van der Waals surface area contributed by atoms with Gasteiger partial charge in [0.1, 0.15) is 0 Å². The summed E-state index contributed by atoms with van der Waals surface area (Å²) in [6.45, 7) is 7.36. The lowest BCUT2D eigenvalue weighted by molar-refractivity contribution is 0.213. The fourth-order valence-corrected chi connectivity index (χ4v) is 1.19. The van der Waals surface area contributed by atoms with Gasteiger partial charge in [0.05, 0.1) is 25.1 Å². The molecule has 0 aromatic heterocycles. The van der Waals surface area contributed by atoms with E-state index in [1.54, 1.807) is 0 Å². The monoisotopic (exact) mass is 156 g/mol. The third-order valence-corrected chi connectivity index (χ3v) is 2.21. The first kappa shape index (κ1) is 8.60. The number of epoxide rings is 1. The van der Waals surface area contributed by atoms with Crippen molar-refractivity contribution in [2.45, 2.75) is 31.8 Å². The van der Waals surface area contributed by atoms with Crippen molar-refractivity contribution < 1.29 is 9.47 Å². The minimum absolute atomic E-state index is 0.227. The molecule has 1 unspecified atom stereocenters. The van der Waals surface area contributed by atoms with E-state index in [1.807, 2.05) is 0 Å². The second-order valence-electron chi connectivity index (χ2n) is 2.97. The molecule has 2 heteroatoms. The van der Waals surface area contributed by atoms with E-state index in [1.165, 1.54) is 6.26 Å². The largest absolute Gasteiger partial charge is 0.502 e. The van der Waals surface area contributed by atoms with Crippen LogP contribution in [0.5, 0.6) is 0 Å². The average molecular weight is 156 g/mol. The molecule has 0 saturated carbocycles. The van der Waals surface area contributed by atoms with E-state index < -0.39 is 0 Å². The highest BCUT2D eigenvalue weighted by Gasteiger charge is 2.41. The summed E-state index contributed by atoms with van der Waals surface area (Å²) in [5, 5.41) is 0. The van der Waals surface area contributed by atoms with E-state index in [0.29, 0.717) is 0 Å². The molecule has 0 aliphatic carbocycles. The second-order valence-corrected chi connectivity index (χ2v) is 2.97. The first-order chi connectivity index (χ1) is 5.33. The summed E-state index contributed by atoms with van der Waals surface area (Å²) in [7, 11) is 0. The minimum Gasteiger partial charge on any atom is -0.502 e. The van der Waals surface area contributed by atoms with Crippen LogP contribution in [0.25, 0.3) is 0 Å². The predicted octanol–water partition coefficient (Wildman–Crippen LogP) is 2.11. The zero-order chi connectivity index (χ0) is 8.16. The van der Waals surface area contributed by atoms with Crippen LogP contribution in [0.2, 0.25) is 0 Å². The number of hydrogen-bond acceptors (Lipinski definition) is 2. The molecule has 1 heterocycles. The predicted molar refractivity (Wildman–Crippen MR) is 44.4 cm³/mol. The van der Waals surface area contributed by atoms with Crippen LogP contribution in [0.4, 0.5) is 0 Å². The Morgan fingerprint density at radius 3 is 2.91 bits per heavy atom. The van der Waals surface area contributed by atoms with Gasteiger partial charge in [0.25, 0.3) is 0 Å². The molecule has 0 bridgehead atoms. The summed E-state index contributed by atoms with van der Waals surface area (Å²) in [5.74, 6) is 0. The van der Waals surface area contributed by atoms with Crippen LogP contribution in [-0.4, -0.2) is 18.8 Å². The minimum atomic E-state index is 0.227. The van der Waals surface area contributed by atoms with Gasteiger partial charge in [-0.15, -0.1) is 0 Å². The molecule has 0 radical (unpaired) electrons. The van der Waals surface area contributed by atoms with E-state index in [9.17, 15) is 0 Å². The zero-order valence-corrected chi connectivity index (χ0v) is 7.14. The fraction of sp³-hybridized carbons (Fsp3) is 0.778. The molecule has 11 heavy (non-hydrogen) atoms. The Morgan fingerprint density at radius 2 is 2.45 bits per heavy atom. The molecule has 2 nitrogen and oxygen atoms in total. The van der Waals surface area contributed by atoms with Crippen LogP contribution in [0, 0.1) is 0 Å². The lowest BCUT2D eigenvalue weighted by Crippen LogP contribution is -2.09. The third-order valence-electron chi connectivity index (χ3n) is 2.21. The van der Waals surface area contributed by atoms with E-state index in [2.05, 4.69) is 13.5 Å². The Balaban J connectivity index is 1.98. The van der Waals surface area contributed by atoms with Crippen molar-refractivity contribution in [3.8, 4) is 0 Å². The smallest absolute Gasteiger partial charge is 0.0915 e. The van der Waals surface area contributed by atoms with E-state index in [0.717, 1.165) is 32.5 Å². The number of hydrogen-bond donors (Lipinski definition) is 0. The van der Waals surface area contributed by atoms with E-state index >= 15 is 0 Å². The molecular weight excluding hydrogens is 140 g/mol. The molecule has 1 aliphatic rings. The van der Waals surface area contributed by atoms with Crippen molar-refractivity contribution in [3.05, 3.63) is 12.8 Å². The van der Waals surface area contributed by atoms with Crippen molar-refractivity contribution >= 4 is 0 Å². The normalized spacial score (nSPS) is 28.1. The Kier molecular flexibility index (Phi) is 2.94. The van der Waals surface area contributed by atoms with Gasteiger partial charge in [-0.1, -0.05) is 13.5 Å². The summed E-state index contributed by atoms with van der Waals surface area (Å²) < 4.78 is 10.4. The van der Waals surface area contributed by atoms with E-state index in [-0.39, 0.29) is 5.60 Å². The van der Waals surface area contributed by atoms with Crippen molar-refractivity contribution in [3.63, 3.8) is 0 Å². The van der Waals surface area contributed by atoms with Gasteiger partial charge in [-0.3, -0.25) is 0 Å². The van der Waals surface area contributed by atoms with Crippen molar-refractivity contribution in [2.75, 3.05) is 13.2 Å². The molecule has 1 fully saturated rings. The topological polar surface area (TPSA) is 21.8 Å². The van der Waals surface area contributed by atoms with Crippen molar-refractivity contribution in [2.24, 2.45) is 0 Å². The van der Waals surface area contributed by atoms with Gasteiger partial charge in [0, 0.05) is 0 Å². The molecule has 1 rings (SSSR count). The van der Waals surface area contributed by atoms with Crippen molar-refractivity contribution in [1.82, 2.24) is 0 Å². The Bertz CT molecular complexity index is 128. The van der Waals surface area contributed by atoms with Crippen LogP contribution >= 0.6 is 0 Å². The van der Waals surface area contributed by atoms with Crippen LogP contribution in [0.15, 0.2) is 12.8 Å². The molecule has 0 aromatic rings. The summed E-state index contributed by atoms with van der Waals surface area (Å²) in [5.41, 5.74) is 0.227. The Hall–Kier alpha value is -0.500. The maximum absolute atomic E-state index is 5.34. The summed E-state index contributed by atoms with van der Waals surface area (Å²) >= 11 is 0. The molecule has 1 atom stereocenters. The van der Waals surface area contributed by atoms with Gasteiger partial charge < -0.3 is 9.47 Å². The third kappa shape index (κ3) is 2.54. The van der Waals surface area contributed by atoms with Crippen LogP contribution in [0.1, 0.15) is 26.2 Å². The molecule has 1 saturated heterocycles.